The van der Waals surface area contributed by atoms with Gasteiger partial charge in [-0.2, -0.15) is 13.2 Å². The minimum Gasteiger partial charge on any atom is -0.379 e. The number of thiazole rings is 1. The van der Waals surface area contributed by atoms with Gasteiger partial charge < -0.3 is 5.32 Å². The van der Waals surface area contributed by atoms with Gasteiger partial charge in [-0.15, -0.1) is 11.3 Å². The molecule has 0 aliphatic carbocycles. The fraction of sp³-hybridized carbons (Fsp3) is 0.250. The zero-order chi connectivity index (χ0) is 14.0. The van der Waals surface area contributed by atoms with Gasteiger partial charge in [-0.05, 0) is 25.1 Å². The van der Waals surface area contributed by atoms with Crippen LogP contribution < -0.4 is 5.32 Å². The zero-order valence-corrected chi connectivity index (χ0v) is 10.7. The molecule has 1 N–H and O–H groups in total. The normalized spacial score (nSPS) is 11.6. The van der Waals surface area contributed by atoms with Gasteiger partial charge in [0, 0.05) is 11.1 Å². The smallest absolute Gasteiger partial charge is 0.379 e. The summed E-state index contributed by atoms with van der Waals surface area (Å²) in [5, 5.41) is 5.49. The maximum absolute atomic E-state index is 13.1. The van der Waals surface area contributed by atoms with Gasteiger partial charge in [0.2, 0.25) is 0 Å². The molecule has 0 spiro atoms. The number of benzene rings is 1. The quantitative estimate of drug-likeness (QED) is 0.856. The third-order valence-corrected chi connectivity index (χ3v) is 3.23. The monoisotopic (exact) mass is 290 g/mol. The van der Waals surface area contributed by atoms with Gasteiger partial charge in [-0.1, -0.05) is 0 Å². The molecular weight excluding hydrogens is 280 g/mol. The molecule has 0 unspecified atom stereocenters. The second kappa shape index (κ2) is 5.16. The van der Waals surface area contributed by atoms with Crippen molar-refractivity contribution in [2.24, 2.45) is 0 Å². The summed E-state index contributed by atoms with van der Waals surface area (Å²) < 4.78 is 50.6. The average Bonchev–Trinajstić information content (AvgIpc) is 2.72. The van der Waals surface area contributed by atoms with Crippen LogP contribution in [-0.2, 0) is 12.7 Å². The fourth-order valence-corrected chi connectivity index (χ4v) is 2.15. The highest BCUT2D eigenvalue weighted by atomic mass is 32.1. The number of nitrogens with zero attached hydrogens (tertiary/aromatic N) is 1. The van der Waals surface area contributed by atoms with E-state index in [1.165, 1.54) is 17.4 Å². The molecule has 2 nitrogen and oxygen atoms in total. The van der Waals surface area contributed by atoms with Crippen molar-refractivity contribution in [3.63, 3.8) is 0 Å². The van der Waals surface area contributed by atoms with Crippen molar-refractivity contribution in [2.75, 3.05) is 5.32 Å². The molecule has 0 saturated heterocycles. The average molecular weight is 290 g/mol. The van der Waals surface area contributed by atoms with Crippen molar-refractivity contribution in [3.05, 3.63) is 45.7 Å². The molecule has 1 aromatic carbocycles. The number of anilines is 1. The highest BCUT2D eigenvalue weighted by molar-refractivity contribution is 7.09. The Kier molecular flexibility index (Phi) is 3.75. The fourth-order valence-electron chi connectivity index (χ4n) is 1.53. The van der Waals surface area contributed by atoms with E-state index in [1.807, 2.05) is 12.3 Å². The van der Waals surface area contributed by atoms with E-state index in [2.05, 4.69) is 10.3 Å². The Morgan fingerprint density at radius 1 is 1.32 bits per heavy atom. The first kappa shape index (κ1) is 13.8. The number of alkyl halides is 3. The second-order valence-corrected chi connectivity index (χ2v) is 4.97. The Labute approximate surface area is 111 Å². The summed E-state index contributed by atoms with van der Waals surface area (Å²) in [6.45, 7) is 2.14. The molecule has 2 rings (SSSR count). The lowest BCUT2D eigenvalue weighted by molar-refractivity contribution is -0.139. The molecule has 0 aliphatic rings. The first-order valence-electron chi connectivity index (χ1n) is 5.38. The maximum atomic E-state index is 13.1. The van der Waals surface area contributed by atoms with E-state index in [1.54, 1.807) is 0 Å². The van der Waals surface area contributed by atoms with Crippen molar-refractivity contribution < 1.29 is 17.6 Å². The van der Waals surface area contributed by atoms with Gasteiger partial charge in [0.15, 0.2) is 0 Å². The number of aryl methyl sites for hydroxylation is 1. The first-order valence-corrected chi connectivity index (χ1v) is 6.26. The molecule has 0 fully saturated rings. The van der Waals surface area contributed by atoms with Gasteiger partial charge in [-0.25, -0.2) is 9.37 Å². The predicted molar refractivity (Wildman–Crippen MR) is 65.6 cm³/mol. The van der Waals surface area contributed by atoms with Crippen molar-refractivity contribution >= 4 is 17.0 Å². The van der Waals surface area contributed by atoms with Crippen LogP contribution in [0.25, 0.3) is 0 Å². The molecule has 0 aliphatic heterocycles. The maximum Gasteiger partial charge on any atom is 0.419 e. The van der Waals surface area contributed by atoms with E-state index in [9.17, 15) is 17.6 Å². The van der Waals surface area contributed by atoms with Gasteiger partial charge in [-0.3, -0.25) is 0 Å². The summed E-state index contributed by atoms with van der Waals surface area (Å²) in [7, 11) is 0. The van der Waals surface area contributed by atoms with Crippen LogP contribution in [0.15, 0.2) is 23.6 Å². The summed E-state index contributed by atoms with van der Waals surface area (Å²) in [6.07, 6.45) is -4.70. The number of rotatable bonds is 3. The van der Waals surface area contributed by atoms with Crippen LogP contribution in [0.4, 0.5) is 23.2 Å². The summed E-state index contributed by atoms with van der Waals surface area (Å²) in [5.74, 6) is -1.28. The largest absolute Gasteiger partial charge is 0.419 e. The molecule has 19 heavy (non-hydrogen) atoms. The topological polar surface area (TPSA) is 24.9 Å². The highest BCUT2D eigenvalue weighted by Crippen LogP contribution is 2.33. The lowest BCUT2D eigenvalue weighted by Crippen LogP contribution is -2.09. The van der Waals surface area contributed by atoms with E-state index in [0.29, 0.717) is 6.54 Å². The number of hydrogen-bond acceptors (Lipinski definition) is 3. The Morgan fingerprint density at radius 2 is 2.05 bits per heavy atom. The van der Waals surface area contributed by atoms with Gasteiger partial charge in [0.25, 0.3) is 0 Å². The predicted octanol–water partition coefficient (Wildman–Crippen LogP) is 4.22. The van der Waals surface area contributed by atoms with Crippen LogP contribution >= 0.6 is 11.3 Å². The third kappa shape index (κ3) is 3.44. The molecular formula is C12H10F4N2S. The molecule has 0 bridgehead atoms. The van der Waals surface area contributed by atoms with E-state index in [0.717, 1.165) is 22.8 Å². The lowest BCUT2D eigenvalue weighted by Gasteiger charge is -2.11. The van der Waals surface area contributed by atoms with E-state index >= 15 is 0 Å². The minimum atomic E-state index is -4.70. The third-order valence-electron chi connectivity index (χ3n) is 2.41. The molecule has 1 aromatic heterocycles. The van der Waals surface area contributed by atoms with E-state index in [-0.39, 0.29) is 5.69 Å². The summed E-state index contributed by atoms with van der Waals surface area (Å²) in [5.41, 5.74) is -0.327. The van der Waals surface area contributed by atoms with Crippen molar-refractivity contribution in [1.82, 2.24) is 4.98 Å². The van der Waals surface area contributed by atoms with Crippen LogP contribution in [0, 0.1) is 12.7 Å². The van der Waals surface area contributed by atoms with Crippen molar-refractivity contribution in [3.8, 4) is 0 Å². The van der Waals surface area contributed by atoms with E-state index < -0.39 is 17.6 Å². The number of aromatic nitrogens is 1. The van der Waals surface area contributed by atoms with Crippen LogP contribution in [0.3, 0.4) is 0 Å². The number of hydrogen-bond donors (Lipinski definition) is 1. The standard InChI is InChI=1S/C12H10F4N2S/c1-7-18-9(6-19-7)5-17-8-2-3-11(13)10(4-8)12(14,15)16/h2-4,6,17H,5H2,1H3. The van der Waals surface area contributed by atoms with Gasteiger partial charge in [0.05, 0.1) is 22.8 Å². The molecule has 2 aromatic rings. The van der Waals surface area contributed by atoms with Crippen LogP contribution in [0.1, 0.15) is 16.3 Å². The first-order chi connectivity index (χ1) is 8.86. The van der Waals surface area contributed by atoms with E-state index in [4.69, 9.17) is 0 Å². The van der Waals surface area contributed by atoms with Gasteiger partial charge >= 0.3 is 6.18 Å². The van der Waals surface area contributed by atoms with Crippen molar-refractivity contribution in [1.29, 1.82) is 0 Å². The number of halogens is 4. The molecule has 0 saturated carbocycles. The van der Waals surface area contributed by atoms with Crippen LogP contribution in [-0.4, -0.2) is 4.98 Å². The minimum absolute atomic E-state index is 0.208. The molecule has 0 amide bonds. The van der Waals surface area contributed by atoms with Crippen LogP contribution in [0.2, 0.25) is 0 Å². The highest BCUT2D eigenvalue weighted by Gasteiger charge is 2.34. The zero-order valence-electron chi connectivity index (χ0n) is 9.88. The Bertz CT molecular complexity index is 577. The van der Waals surface area contributed by atoms with Gasteiger partial charge in [0.1, 0.15) is 5.82 Å². The Balaban J connectivity index is 2.13. The molecule has 102 valence electrons. The lowest BCUT2D eigenvalue weighted by atomic mass is 10.2. The number of nitrogens with one attached hydrogen (secondary N) is 1. The summed E-state index contributed by atoms with van der Waals surface area (Å²) in [6, 6.07) is 2.83. The van der Waals surface area contributed by atoms with Crippen LogP contribution in [0.5, 0.6) is 0 Å². The Hall–Kier alpha value is -1.63. The molecule has 1 heterocycles. The SMILES string of the molecule is Cc1nc(CNc2ccc(F)c(C(F)(F)F)c2)cs1. The second-order valence-electron chi connectivity index (χ2n) is 3.90. The summed E-state index contributed by atoms with van der Waals surface area (Å²) >= 11 is 1.46. The molecule has 0 radical (unpaired) electrons. The molecule has 0 atom stereocenters. The summed E-state index contributed by atoms with van der Waals surface area (Å²) in [4.78, 5) is 4.17. The Morgan fingerprint density at radius 3 is 2.63 bits per heavy atom. The molecule has 7 heteroatoms. The van der Waals surface area contributed by atoms with Crippen molar-refractivity contribution in [2.45, 2.75) is 19.6 Å².